The summed E-state index contributed by atoms with van der Waals surface area (Å²) < 4.78 is 5.16. The van der Waals surface area contributed by atoms with Gasteiger partial charge in [0.05, 0.1) is 5.56 Å². The van der Waals surface area contributed by atoms with Gasteiger partial charge in [-0.3, -0.25) is 0 Å². The van der Waals surface area contributed by atoms with E-state index in [4.69, 9.17) is 14.6 Å². The van der Waals surface area contributed by atoms with Crippen LogP contribution < -0.4 is 0 Å². The highest BCUT2D eigenvalue weighted by Crippen LogP contribution is 2.18. The van der Waals surface area contributed by atoms with Crippen LogP contribution in [0.2, 0.25) is 0 Å². The quantitative estimate of drug-likeness (QED) is 0.822. The van der Waals surface area contributed by atoms with E-state index in [1.165, 1.54) is 0 Å². The number of fused-ring (bicyclic) bond motifs is 1. The van der Waals surface area contributed by atoms with Gasteiger partial charge >= 0.3 is 11.9 Å². The first kappa shape index (κ1) is 11.1. The van der Waals surface area contributed by atoms with Crippen LogP contribution in [0.25, 0.3) is 11.2 Å². The van der Waals surface area contributed by atoms with Crippen molar-refractivity contribution in [2.24, 2.45) is 0 Å². The normalized spacial score (nSPS) is 10.6. The zero-order valence-corrected chi connectivity index (χ0v) is 8.80. The number of pyridine rings is 1. The van der Waals surface area contributed by atoms with E-state index in [0.29, 0.717) is 12.3 Å². The molecule has 0 saturated carbocycles. The summed E-state index contributed by atoms with van der Waals surface area (Å²) in [6.45, 7) is 1.81. The van der Waals surface area contributed by atoms with Gasteiger partial charge in [0.1, 0.15) is 5.52 Å². The summed E-state index contributed by atoms with van der Waals surface area (Å²) in [5, 5.41) is 17.7. The van der Waals surface area contributed by atoms with Gasteiger partial charge in [-0.1, -0.05) is 6.92 Å². The SMILES string of the molecule is CCc1nc2cc(C(=O)O)c(C(=O)O)nc2o1. The number of carboxylic acids is 2. The van der Waals surface area contributed by atoms with Crippen LogP contribution in [-0.4, -0.2) is 32.1 Å². The molecule has 0 aliphatic heterocycles. The Labute approximate surface area is 94.7 Å². The highest BCUT2D eigenvalue weighted by Gasteiger charge is 2.21. The number of aryl methyl sites for hydroxylation is 1. The summed E-state index contributed by atoms with van der Waals surface area (Å²) in [5.41, 5.74) is -0.682. The van der Waals surface area contributed by atoms with Crippen LogP contribution in [-0.2, 0) is 6.42 Å². The monoisotopic (exact) mass is 236 g/mol. The molecule has 0 aliphatic carbocycles. The third kappa shape index (κ3) is 1.82. The molecule has 2 aromatic heterocycles. The molecule has 2 N–H and O–H groups in total. The molecule has 0 aromatic carbocycles. The molecule has 17 heavy (non-hydrogen) atoms. The molecule has 0 unspecified atom stereocenters. The lowest BCUT2D eigenvalue weighted by Crippen LogP contribution is -2.10. The molecule has 2 rings (SSSR count). The zero-order valence-electron chi connectivity index (χ0n) is 8.80. The van der Waals surface area contributed by atoms with Gasteiger partial charge in [0.2, 0.25) is 5.71 Å². The van der Waals surface area contributed by atoms with E-state index >= 15 is 0 Å². The van der Waals surface area contributed by atoms with E-state index in [-0.39, 0.29) is 11.2 Å². The summed E-state index contributed by atoms with van der Waals surface area (Å²) in [6, 6.07) is 1.15. The Morgan fingerprint density at radius 2 is 2.00 bits per heavy atom. The van der Waals surface area contributed by atoms with Crippen LogP contribution in [0.5, 0.6) is 0 Å². The summed E-state index contributed by atoms with van der Waals surface area (Å²) in [4.78, 5) is 29.4. The third-order valence-electron chi connectivity index (χ3n) is 2.16. The van der Waals surface area contributed by atoms with Crippen molar-refractivity contribution in [3.8, 4) is 0 Å². The molecule has 0 aliphatic rings. The number of nitrogens with zero attached hydrogens (tertiary/aromatic N) is 2. The molecule has 88 valence electrons. The van der Waals surface area contributed by atoms with E-state index in [1.807, 2.05) is 0 Å². The summed E-state index contributed by atoms with van der Waals surface area (Å²) in [6.07, 6.45) is 0.515. The molecule has 0 atom stereocenters. The number of carboxylic acid groups (broad SMARTS) is 2. The highest BCUT2D eigenvalue weighted by atomic mass is 16.4. The number of hydrogen-bond donors (Lipinski definition) is 2. The van der Waals surface area contributed by atoms with Crippen molar-refractivity contribution in [1.82, 2.24) is 9.97 Å². The highest BCUT2D eigenvalue weighted by molar-refractivity contribution is 6.02. The molecule has 0 amide bonds. The second-order valence-corrected chi connectivity index (χ2v) is 3.28. The fraction of sp³-hybridized carbons (Fsp3) is 0.200. The lowest BCUT2D eigenvalue weighted by Gasteiger charge is -1.98. The van der Waals surface area contributed by atoms with Gasteiger partial charge in [-0.25, -0.2) is 19.6 Å². The first-order chi connectivity index (χ1) is 8.02. The zero-order chi connectivity index (χ0) is 12.6. The summed E-state index contributed by atoms with van der Waals surface area (Å²) >= 11 is 0. The Kier molecular flexibility index (Phi) is 2.51. The number of rotatable bonds is 3. The van der Waals surface area contributed by atoms with Crippen LogP contribution in [0, 0.1) is 0 Å². The smallest absolute Gasteiger partial charge is 0.355 e. The van der Waals surface area contributed by atoms with Gasteiger partial charge in [0.15, 0.2) is 11.6 Å². The van der Waals surface area contributed by atoms with Gasteiger partial charge in [-0.2, -0.15) is 0 Å². The first-order valence-electron chi connectivity index (χ1n) is 4.80. The largest absolute Gasteiger partial charge is 0.478 e. The van der Waals surface area contributed by atoms with E-state index in [2.05, 4.69) is 9.97 Å². The number of aromatic carboxylic acids is 2. The van der Waals surface area contributed by atoms with Crippen LogP contribution >= 0.6 is 0 Å². The van der Waals surface area contributed by atoms with Gasteiger partial charge < -0.3 is 14.6 Å². The van der Waals surface area contributed by atoms with Crippen molar-refractivity contribution in [3.63, 3.8) is 0 Å². The maximum atomic E-state index is 10.9. The van der Waals surface area contributed by atoms with Crippen molar-refractivity contribution in [2.75, 3.05) is 0 Å². The molecule has 0 saturated heterocycles. The van der Waals surface area contributed by atoms with Crippen molar-refractivity contribution < 1.29 is 24.2 Å². The molecular weight excluding hydrogens is 228 g/mol. The number of carbonyl (C=O) groups is 2. The molecule has 7 heteroatoms. The standard InChI is InChI=1S/C10H8N2O5/c1-2-6-11-5-3-4(9(13)14)7(10(15)16)12-8(5)17-6/h3H,2H2,1H3,(H,13,14)(H,15,16). The molecular formula is C10H8N2O5. The van der Waals surface area contributed by atoms with Gasteiger partial charge in [0, 0.05) is 6.42 Å². The molecule has 0 radical (unpaired) electrons. The predicted molar refractivity (Wildman–Crippen MR) is 55.1 cm³/mol. The Bertz CT molecular complexity index is 565. The second kappa shape index (κ2) is 3.85. The second-order valence-electron chi connectivity index (χ2n) is 3.28. The van der Waals surface area contributed by atoms with Crippen LogP contribution in [0.4, 0.5) is 0 Å². The Hall–Kier alpha value is -2.44. The van der Waals surface area contributed by atoms with E-state index in [9.17, 15) is 9.59 Å². The minimum Gasteiger partial charge on any atom is -0.478 e. The molecule has 0 spiro atoms. The van der Waals surface area contributed by atoms with Crippen LogP contribution in [0.1, 0.15) is 33.7 Å². The van der Waals surface area contributed by atoms with Crippen molar-refractivity contribution in [2.45, 2.75) is 13.3 Å². The molecule has 7 nitrogen and oxygen atoms in total. The molecule has 0 fully saturated rings. The number of aromatic nitrogens is 2. The fourth-order valence-corrected chi connectivity index (χ4v) is 1.39. The minimum atomic E-state index is -1.42. The van der Waals surface area contributed by atoms with Crippen molar-refractivity contribution in [1.29, 1.82) is 0 Å². The molecule has 2 heterocycles. The Balaban J connectivity index is 2.74. The Morgan fingerprint density at radius 1 is 1.29 bits per heavy atom. The van der Waals surface area contributed by atoms with E-state index in [0.717, 1.165) is 6.07 Å². The minimum absolute atomic E-state index is 0.0317. The third-order valence-corrected chi connectivity index (χ3v) is 2.16. The van der Waals surface area contributed by atoms with Crippen LogP contribution in [0.15, 0.2) is 10.5 Å². The van der Waals surface area contributed by atoms with Gasteiger partial charge in [0.25, 0.3) is 0 Å². The van der Waals surface area contributed by atoms with Crippen LogP contribution in [0.3, 0.4) is 0 Å². The average molecular weight is 236 g/mol. The maximum absolute atomic E-state index is 10.9. The van der Waals surface area contributed by atoms with Gasteiger partial charge in [-0.15, -0.1) is 0 Å². The first-order valence-corrected chi connectivity index (χ1v) is 4.80. The predicted octanol–water partition coefficient (Wildman–Crippen LogP) is 1.18. The average Bonchev–Trinajstić information content (AvgIpc) is 2.68. The van der Waals surface area contributed by atoms with E-state index in [1.54, 1.807) is 6.92 Å². The maximum Gasteiger partial charge on any atom is 0.355 e. The topological polar surface area (TPSA) is 114 Å². The van der Waals surface area contributed by atoms with E-state index < -0.39 is 23.2 Å². The molecule has 0 bridgehead atoms. The number of hydrogen-bond acceptors (Lipinski definition) is 5. The summed E-state index contributed by atoms with van der Waals surface area (Å²) in [7, 11) is 0. The Morgan fingerprint density at radius 3 is 2.53 bits per heavy atom. The van der Waals surface area contributed by atoms with Crippen molar-refractivity contribution >= 4 is 23.2 Å². The lowest BCUT2D eigenvalue weighted by molar-refractivity contribution is 0.0646. The van der Waals surface area contributed by atoms with Crippen molar-refractivity contribution in [3.05, 3.63) is 23.2 Å². The number of oxazole rings is 1. The molecule has 2 aromatic rings. The summed E-state index contributed by atoms with van der Waals surface area (Å²) in [5.74, 6) is -2.40. The lowest BCUT2D eigenvalue weighted by atomic mass is 10.2. The van der Waals surface area contributed by atoms with Gasteiger partial charge in [-0.05, 0) is 6.07 Å². The fourth-order valence-electron chi connectivity index (χ4n) is 1.39.